The Morgan fingerprint density at radius 2 is 1.71 bits per heavy atom. The zero-order valence-corrected chi connectivity index (χ0v) is 9.49. The summed E-state index contributed by atoms with van der Waals surface area (Å²) < 4.78 is 0. The van der Waals surface area contributed by atoms with E-state index >= 15 is 0 Å². The van der Waals surface area contributed by atoms with Gasteiger partial charge in [-0.2, -0.15) is 0 Å². The first-order valence-electron chi connectivity index (χ1n) is 5.22. The van der Waals surface area contributed by atoms with Gasteiger partial charge in [0.1, 0.15) is 0 Å². The first kappa shape index (κ1) is 13.4. The van der Waals surface area contributed by atoms with Crippen molar-refractivity contribution in [2.75, 3.05) is 39.8 Å². The monoisotopic (exact) mass is 202 g/mol. The van der Waals surface area contributed by atoms with Gasteiger partial charge in [0.25, 0.3) is 0 Å². The molecule has 0 radical (unpaired) electrons. The Hall–Kier alpha value is -0.610. The third-order valence-electron chi connectivity index (χ3n) is 2.40. The predicted octanol–water partition coefficient (Wildman–Crippen LogP) is 0.735. The highest BCUT2D eigenvalue weighted by atomic mass is 16.4. The fraction of sp³-hybridized carbons (Fsp3) is 0.900. The number of carbonyl (C=O) groups is 1. The summed E-state index contributed by atoms with van der Waals surface area (Å²) in [4.78, 5) is 14.7. The van der Waals surface area contributed by atoms with Crippen LogP contribution in [0.25, 0.3) is 0 Å². The van der Waals surface area contributed by atoms with Gasteiger partial charge < -0.3 is 14.9 Å². The van der Waals surface area contributed by atoms with Crippen LogP contribution in [0.3, 0.4) is 0 Å². The van der Waals surface area contributed by atoms with Gasteiger partial charge in [-0.25, -0.2) is 0 Å². The summed E-state index contributed by atoms with van der Waals surface area (Å²) in [5, 5.41) is 8.50. The molecule has 0 aromatic rings. The van der Waals surface area contributed by atoms with Crippen LogP contribution in [0.15, 0.2) is 0 Å². The van der Waals surface area contributed by atoms with Crippen LogP contribution in [0, 0.1) is 0 Å². The SMILES string of the molecule is CCN(CC)CCN(C)CCC(=O)O. The molecule has 0 saturated carbocycles. The Morgan fingerprint density at radius 1 is 1.14 bits per heavy atom. The summed E-state index contributed by atoms with van der Waals surface area (Å²) in [7, 11) is 1.96. The summed E-state index contributed by atoms with van der Waals surface area (Å²) in [5.41, 5.74) is 0. The second kappa shape index (κ2) is 7.76. The minimum absolute atomic E-state index is 0.231. The summed E-state index contributed by atoms with van der Waals surface area (Å²) in [5.74, 6) is -0.723. The highest BCUT2D eigenvalue weighted by Gasteiger charge is 2.04. The summed E-state index contributed by atoms with van der Waals surface area (Å²) in [6.45, 7) is 8.99. The molecule has 0 aromatic carbocycles. The molecule has 0 fully saturated rings. The van der Waals surface area contributed by atoms with E-state index in [1.165, 1.54) is 0 Å². The van der Waals surface area contributed by atoms with Gasteiger partial charge >= 0.3 is 5.97 Å². The molecular weight excluding hydrogens is 180 g/mol. The molecule has 84 valence electrons. The van der Waals surface area contributed by atoms with E-state index in [9.17, 15) is 4.79 Å². The number of hydrogen-bond donors (Lipinski definition) is 1. The fourth-order valence-corrected chi connectivity index (χ4v) is 1.25. The molecule has 1 N–H and O–H groups in total. The van der Waals surface area contributed by atoms with Crippen LogP contribution in [0.2, 0.25) is 0 Å². The quantitative estimate of drug-likeness (QED) is 0.630. The normalized spacial score (nSPS) is 11.2. The van der Waals surface area contributed by atoms with Gasteiger partial charge in [0.15, 0.2) is 0 Å². The lowest BCUT2D eigenvalue weighted by Gasteiger charge is -2.22. The Labute approximate surface area is 86.5 Å². The van der Waals surface area contributed by atoms with Crippen LogP contribution in [0.4, 0.5) is 0 Å². The zero-order valence-electron chi connectivity index (χ0n) is 9.49. The van der Waals surface area contributed by atoms with Crippen molar-refractivity contribution in [2.24, 2.45) is 0 Å². The Balaban J connectivity index is 3.51. The molecule has 0 atom stereocenters. The van der Waals surface area contributed by atoms with Crippen molar-refractivity contribution in [1.82, 2.24) is 9.80 Å². The molecule has 4 nitrogen and oxygen atoms in total. The van der Waals surface area contributed by atoms with E-state index in [0.29, 0.717) is 6.54 Å². The highest BCUT2D eigenvalue weighted by Crippen LogP contribution is 1.91. The van der Waals surface area contributed by atoms with Gasteiger partial charge in [0, 0.05) is 19.6 Å². The van der Waals surface area contributed by atoms with Crippen LogP contribution in [0.1, 0.15) is 20.3 Å². The molecule has 0 aliphatic carbocycles. The maximum absolute atomic E-state index is 10.3. The average molecular weight is 202 g/mol. The maximum Gasteiger partial charge on any atom is 0.304 e. The van der Waals surface area contributed by atoms with Crippen molar-refractivity contribution in [3.63, 3.8) is 0 Å². The molecular formula is C10H22N2O2. The van der Waals surface area contributed by atoms with Crippen LogP contribution in [0.5, 0.6) is 0 Å². The standard InChI is InChI=1S/C10H22N2O2/c1-4-12(5-2)9-8-11(3)7-6-10(13)14/h4-9H2,1-3H3,(H,13,14). The number of rotatable bonds is 8. The molecule has 4 heteroatoms. The Morgan fingerprint density at radius 3 is 2.14 bits per heavy atom. The van der Waals surface area contributed by atoms with Gasteiger partial charge in [-0.15, -0.1) is 0 Å². The molecule has 0 unspecified atom stereocenters. The van der Waals surface area contributed by atoms with Crippen LogP contribution >= 0.6 is 0 Å². The minimum Gasteiger partial charge on any atom is -0.481 e. The number of nitrogens with zero attached hydrogens (tertiary/aromatic N) is 2. The van der Waals surface area contributed by atoms with E-state index in [2.05, 4.69) is 23.6 Å². The molecule has 0 spiro atoms. The predicted molar refractivity (Wildman–Crippen MR) is 57.5 cm³/mol. The minimum atomic E-state index is -0.723. The third-order valence-corrected chi connectivity index (χ3v) is 2.40. The maximum atomic E-state index is 10.3. The number of carboxylic acids is 1. The van der Waals surface area contributed by atoms with Gasteiger partial charge in [-0.3, -0.25) is 4.79 Å². The highest BCUT2D eigenvalue weighted by molar-refractivity contribution is 5.66. The second-order valence-corrected chi connectivity index (χ2v) is 3.47. The fourth-order valence-electron chi connectivity index (χ4n) is 1.25. The van der Waals surface area contributed by atoms with Crippen molar-refractivity contribution < 1.29 is 9.90 Å². The van der Waals surface area contributed by atoms with E-state index in [0.717, 1.165) is 26.2 Å². The number of likely N-dealkylation sites (N-methyl/N-ethyl adjacent to an activating group) is 2. The third kappa shape index (κ3) is 6.86. The van der Waals surface area contributed by atoms with Crippen molar-refractivity contribution in [3.05, 3.63) is 0 Å². The summed E-state index contributed by atoms with van der Waals surface area (Å²) >= 11 is 0. The van der Waals surface area contributed by atoms with Crippen molar-refractivity contribution in [3.8, 4) is 0 Å². The van der Waals surface area contributed by atoms with E-state index in [1.54, 1.807) is 0 Å². The lowest BCUT2D eigenvalue weighted by Crippen LogP contribution is -2.34. The van der Waals surface area contributed by atoms with Crippen LogP contribution in [-0.2, 0) is 4.79 Å². The van der Waals surface area contributed by atoms with Gasteiger partial charge in [-0.1, -0.05) is 13.8 Å². The molecule has 0 aromatic heterocycles. The number of carboxylic acid groups (broad SMARTS) is 1. The molecule has 0 heterocycles. The lowest BCUT2D eigenvalue weighted by atomic mass is 10.4. The van der Waals surface area contributed by atoms with E-state index in [4.69, 9.17) is 5.11 Å². The largest absolute Gasteiger partial charge is 0.481 e. The number of hydrogen-bond acceptors (Lipinski definition) is 3. The van der Waals surface area contributed by atoms with Crippen molar-refractivity contribution in [2.45, 2.75) is 20.3 Å². The molecule has 0 rings (SSSR count). The number of aliphatic carboxylic acids is 1. The molecule has 0 saturated heterocycles. The lowest BCUT2D eigenvalue weighted by molar-refractivity contribution is -0.137. The van der Waals surface area contributed by atoms with E-state index < -0.39 is 5.97 Å². The molecule has 0 aliphatic rings. The van der Waals surface area contributed by atoms with Crippen LogP contribution < -0.4 is 0 Å². The second-order valence-electron chi connectivity index (χ2n) is 3.47. The molecule has 0 bridgehead atoms. The van der Waals surface area contributed by atoms with E-state index in [-0.39, 0.29) is 6.42 Å². The Bertz CT molecular complexity index is 158. The van der Waals surface area contributed by atoms with Crippen molar-refractivity contribution in [1.29, 1.82) is 0 Å². The van der Waals surface area contributed by atoms with Gasteiger partial charge in [0.2, 0.25) is 0 Å². The summed E-state index contributed by atoms with van der Waals surface area (Å²) in [6.07, 6.45) is 0.231. The molecule has 0 aliphatic heterocycles. The van der Waals surface area contributed by atoms with Gasteiger partial charge in [0.05, 0.1) is 6.42 Å². The summed E-state index contributed by atoms with van der Waals surface area (Å²) in [6, 6.07) is 0. The van der Waals surface area contributed by atoms with Crippen LogP contribution in [-0.4, -0.2) is 60.6 Å². The zero-order chi connectivity index (χ0) is 11.0. The molecule has 0 amide bonds. The van der Waals surface area contributed by atoms with Crippen molar-refractivity contribution >= 4 is 5.97 Å². The Kier molecular flexibility index (Phi) is 7.42. The van der Waals surface area contributed by atoms with Gasteiger partial charge in [-0.05, 0) is 20.1 Å². The van der Waals surface area contributed by atoms with E-state index in [1.807, 2.05) is 7.05 Å². The first-order valence-corrected chi connectivity index (χ1v) is 5.22. The molecule has 14 heavy (non-hydrogen) atoms. The average Bonchev–Trinajstić information content (AvgIpc) is 2.16. The smallest absolute Gasteiger partial charge is 0.304 e. The topological polar surface area (TPSA) is 43.8 Å². The first-order chi connectivity index (χ1) is 6.60.